The predicted molar refractivity (Wildman–Crippen MR) is 88.7 cm³/mol. The summed E-state index contributed by atoms with van der Waals surface area (Å²) in [5.41, 5.74) is 3.79. The maximum Gasteiger partial charge on any atom is 0.238 e. The Hall–Kier alpha value is -1.72. The summed E-state index contributed by atoms with van der Waals surface area (Å²) >= 11 is 0. The number of hydrogen-bond donors (Lipinski definition) is 1. The van der Waals surface area contributed by atoms with Crippen LogP contribution in [0.3, 0.4) is 0 Å². The Morgan fingerprint density at radius 1 is 1.00 bits per heavy atom. The molecular weight excluding hydrogens is 308 g/mol. The van der Waals surface area contributed by atoms with Gasteiger partial charge in [-0.2, -0.15) is 0 Å². The van der Waals surface area contributed by atoms with Gasteiger partial charge in [0.2, 0.25) is 10.0 Å². The SMILES string of the molecule is NS(=O)(=O)c1ccc([C@@H]2C[C@H]2c2ccnc(C3CCC3)c2)cc1. The van der Waals surface area contributed by atoms with Crippen LogP contribution in [0.4, 0.5) is 0 Å². The molecule has 0 radical (unpaired) electrons. The molecule has 1 heterocycles. The minimum absolute atomic E-state index is 0.176. The maximum absolute atomic E-state index is 11.3. The van der Waals surface area contributed by atoms with E-state index in [2.05, 4.69) is 17.1 Å². The van der Waals surface area contributed by atoms with E-state index in [-0.39, 0.29) is 4.90 Å². The third-order valence-electron chi connectivity index (χ3n) is 5.18. The number of benzene rings is 1. The highest BCUT2D eigenvalue weighted by Gasteiger charge is 2.39. The molecule has 2 aliphatic rings. The van der Waals surface area contributed by atoms with E-state index in [0.29, 0.717) is 17.8 Å². The number of hydrogen-bond acceptors (Lipinski definition) is 3. The van der Waals surface area contributed by atoms with Crippen LogP contribution in [0.1, 0.15) is 60.3 Å². The van der Waals surface area contributed by atoms with Crippen LogP contribution < -0.4 is 5.14 Å². The summed E-state index contributed by atoms with van der Waals surface area (Å²) in [4.78, 5) is 4.70. The number of nitrogens with two attached hydrogens (primary N) is 1. The first-order chi connectivity index (χ1) is 11.0. The molecule has 2 N–H and O–H groups in total. The van der Waals surface area contributed by atoms with Crippen molar-refractivity contribution in [3.8, 4) is 0 Å². The number of pyridine rings is 1. The molecule has 0 saturated heterocycles. The Labute approximate surface area is 136 Å². The molecule has 1 aromatic heterocycles. The first-order valence-corrected chi connectivity index (χ1v) is 9.65. The molecule has 0 spiro atoms. The molecule has 4 nitrogen and oxygen atoms in total. The van der Waals surface area contributed by atoms with Crippen LogP contribution in [0, 0.1) is 0 Å². The highest BCUT2D eigenvalue weighted by atomic mass is 32.2. The summed E-state index contributed by atoms with van der Waals surface area (Å²) in [6.07, 6.45) is 6.89. The topological polar surface area (TPSA) is 73.1 Å². The summed E-state index contributed by atoms with van der Waals surface area (Å²) < 4.78 is 22.6. The van der Waals surface area contributed by atoms with Crippen molar-refractivity contribution in [3.05, 3.63) is 59.4 Å². The zero-order valence-electron chi connectivity index (χ0n) is 12.9. The molecule has 2 fully saturated rings. The lowest BCUT2D eigenvalue weighted by Crippen LogP contribution is -2.11. The van der Waals surface area contributed by atoms with Gasteiger partial charge in [0, 0.05) is 17.8 Å². The molecule has 5 heteroatoms. The second-order valence-corrected chi connectivity index (χ2v) is 8.27. The number of nitrogens with zero attached hydrogens (tertiary/aromatic N) is 1. The van der Waals surface area contributed by atoms with Crippen molar-refractivity contribution in [2.75, 3.05) is 0 Å². The van der Waals surface area contributed by atoms with Gasteiger partial charge in [-0.15, -0.1) is 0 Å². The third-order valence-corrected chi connectivity index (χ3v) is 6.11. The molecule has 2 aliphatic carbocycles. The Bertz CT molecular complexity index is 826. The quantitative estimate of drug-likeness (QED) is 0.936. The lowest BCUT2D eigenvalue weighted by molar-refractivity contribution is 0.411. The van der Waals surface area contributed by atoms with Crippen LogP contribution >= 0.6 is 0 Å². The molecule has 4 rings (SSSR count). The molecule has 0 amide bonds. The molecular formula is C18H20N2O2S. The molecule has 0 aliphatic heterocycles. The van der Waals surface area contributed by atoms with Gasteiger partial charge in [-0.25, -0.2) is 13.6 Å². The van der Waals surface area contributed by atoms with Gasteiger partial charge < -0.3 is 0 Å². The van der Waals surface area contributed by atoms with Gasteiger partial charge in [0.25, 0.3) is 0 Å². The lowest BCUT2D eigenvalue weighted by Gasteiger charge is -2.25. The summed E-state index contributed by atoms with van der Waals surface area (Å²) in [5, 5.41) is 5.15. The highest BCUT2D eigenvalue weighted by Crippen LogP contribution is 2.55. The van der Waals surface area contributed by atoms with E-state index >= 15 is 0 Å². The molecule has 2 atom stereocenters. The van der Waals surface area contributed by atoms with Gasteiger partial charge in [0.15, 0.2) is 0 Å². The molecule has 1 aromatic carbocycles. The Morgan fingerprint density at radius 3 is 2.30 bits per heavy atom. The molecule has 23 heavy (non-hydrogen) atoms. The summed E-state index contributed by atoms with van der Waals surface area (Å²) in [7, 11) is -3.61. The fraction of sp³-hybridized carbons (Fsp3) is 0.389. The third kappa shape index (κ3) is 2.91. The van der Waals surface area contributed by atoms with E-state index < -0.39 is 10.0 Å². The summed E-state index contributed by atoms with van der Waals surface area (Å²) in [6, 6.07) is 11.4. The maximum atomic E-state index is 11.3. The normalized spacial score (nSPS) is 24.2. The number of aromatic nitrogens is 1. The fourth-order valence-corrected chi connectivity index (χ4v) is 3.98. The van der Waals surface area contributed by atoms with Crippen LogP contribution in [-0.2, 0) is 10.0 Å². The number of rotatable bonds is 4. The minimum Gasteiger partial charge on any atom is -0.261 e. The van der Waals surface area contributed by atoms with Crippen molar-refractivity contribution in [2.24, 2.45) is 5.14 Å². The monoisotopic (exact) mass is 328 g/mol. The number of primary sulfonamides is 1. The van der Waals surface area contributed by atoms with Gasteiger partial charge >= 0.3 is 0 Å². The molecule has 120 valence electrons. The largest absolute Gasteiger partial charge is 0.261 e. The standard InChI is InChI=1S/C18H20N2O2S/c19-23(21,22)15-6-4-12(5-7-15)16-11-17(16)14-8-9-20-18(10-14)13-2-1-3-13/h4-10,13,16-17H,1-3,11H2,(H2,19,21,22)/t16-,17-/m0/s1. The van der Waals surface area contributed by atoms with Crippen molar-refractivity contribution in [2.45, 2.75) is 48.3 Å². The average Bonchev–Trinajstić information content (AvgIpc) is 3.25. The van der Waals surface area contributed by atoms with Gasteiger partial charge in [-0.3, -0.25) is 4.98 Å². The van der Waals surface area contributed by atoms with E-state index in [1.165, 1.54) is 36.1 Å². The zero-order chi connectivity index (χ0) is 16.0. The van der Waals surface area contributed by atoms with E-state index in [4.69, 9.17) is 5.14 Å². The molecule has 0 unspecified atom stereocenters. The number of sulfonamides is 1. The van der Waals surface area contributed by atoms with Crippen molar-refractivity contribution in [1.29, 1.82) is 0 Å². The van der Waals surface area contributed by atoms with Crippen molar-refractivity contribution < 1.29 is 8.42 Å². The summed E-state index contributed by atoms with van der Waals surface area (Å²) in [6.45, 7) is 0. The fourth-order valence-electron chi connectivity index (χ4n) is 3.46. The van der Waals surface area contributed by atoms with Gasteiger partial charge in [-0.1, -0.05) is 18.6 Å². The van der Waals surface area contributed by atoms with E-state index in [1.807, 2.05) is 18.3 Å². The Balaban J connectivity index is 1.51. The van der Waals surface area contributed by atoms with Crippen LogP contribution in [0.15, 0.2) is 47.5 Å². The second kappa shape index (κ2) is 5.42. The van der Waals surface area contributed by atoms with Gasteiger partial charge in [0.05, 0.1) is 4.90 Å². The first-order valence-electron chi connectivity index (χ1n) is 8.11. The van der Waals surface area contributed by atoms with Gasteiger partial charge in [0.1, 0.15) is 0 Å². The Morgan fingerprint density at radius 2 is 1.70 bits per heavy atom. The van der Waals surface area contributed by atoms with Crippen molar-refractivity contribution in [3.63, 3.8) is 0 Å². The van der Waals surface area contributed by atoms with E-state index in [9.17, 15) is 8.42 Å². The van der Waals surface area contributed by atoms with Crippen LogP contribution in [0.2, 0.25) is 0 Å². The van der Waals surface area contributed by atoms with Crippen LogP contribution in [-0.4, -0.2) is 13.4 Å². The molecule has 2 saturated carbocycles. The highest BCUT2D eigenvalue weighted by molar-refractivity contribution is 7.89. The predicted octanol–water partition coefficient (Wildman–Crippen LogP) is 3.27. The zero-order valence-corrected chi connectivity index (χ0v) is 13.7. The van der Waals surface area contributed by atoms with Crippen LogP contribution in [0.25, 0.3) is 0 Å². The smallest absolute Gasteiger partial charge is 0.238 e. The van der Waals surface area contributed by atoms with E-state index in [1.54, 1.807) is 12.1 Å². The van der Waals surface area contributed by atoms with Crippen molar-refractivity contribution >= 4 is 10.0 Å². The molecule has 0 bridgehead atoms. The Kier molecular flexibility index (Phi) is 3.50. The van der Waals surface area contributed by atoms with Gasteiger partial charge in [-0.05, 0) is 66.5 Å². The van der Waals surface area contributed by atoms with E-state index in [0.717, 1.165) is 6.42 Å². The van der Waals surface area contributed by atoms with Crippen molar-refractivity contribution in [1.82, 2.24) is 4.98 Å². The van der Waals surface area contributed by atoms with Crippen LogP contribution in [0.5, 0.6) is 0 Å². The minimum atomic E-state index is -3.61. The average molecular weight is 328 g/mol. The summed E-state index contributed by atoms with van der Waals surface area (Å²) in [5.74, 6) is 1.65. The lowest BCUT2D eigenvalue weighted by atomic mass is 9.82. The first kappa shape index (κ1) is 14.8. The molecule has 2 aromatic rings. The second-order valence-electron chi connectivity index (χ2n) is 6.70.